The van der Waals surface area contributed by atoms with Crippen LogP contribution in [0.5, 0.6) is 0 Å². The third-order valence-corrected chi connectivity index (χ3v) is 20.1. The van der Waals surface area contributed by atoms with Crippen molar-refractivity contribution < 1.29 is 80.2 Å². The van der Waals surface area contributed by atoms with Crippen molar-refractivity contribution in [2.45, 2.75) is 394 Å². The predicted molar refractivity (Wildman–Crippen MR) is 377 cm³/mol. The summed E-state index contributed by atoms with van der Waals surface area (Å²) in [6, 6.07) is 0. The van der Waals surface area contributed by atoms with E-state index in [2.05, 4.69) is 48.5 Å². The van der Waals surface area contributed by atoms with Crippen molar-refractivity contribution in [3.05, 3.63) is 0 Å². The molecule has 0 spiro atoms. The molecule has 552 valence electrons. The van der Waals surface area contributed by atoms with Crippen molar-refractivity contribution in [1.29, 1.82) is 0 Å². The molecule has 19 heteroatoms. The minimum atomic E-state index is -4.95. The lowest BCUT2D eigenvalue weighted by molar-refractivity contribution is -0.161. The summed E-state index contributed by atoms with van der Waals surface area (Å²) in [6.45, 7) is 11.9. The van der Waals surface area contributed by atoms with Gasteiger partial charge in [-0.25, -0.2) is 9.13 Å². The second kappa shape index (κ2) is 64.7. The van der Waals surface area contributed by atoms with Crippen LogP contribution in [-0.4, -0.2) is 96.7 Å². The van der Waals surface area contributed by atoms with Crippen LogP contribution in [0.15, 0.2) is 0 Å². The van der Waals surface area contributed by atoms with Gasteiger partial charge >= 0.3 is 39.5 Å². The van der Waals surface area contributed by atoms with E-state index in [1.54, 1.807) is 0 Å². The minimum absolute atomic E-state index is 0.104. The van der Waals surface area contributed by atoms with E-state index in [1.165, 1.54) is 180 Å². The Bertz CT molecular complexity index is 1820. The molecular formula is C74H144O17P2. The summed E-state index contributed by atoms with van der Waals surface area (Å²) >= 11 is 0. The summed E-state index contributed by atoms with van der Waals surface area (Å²) in [5.74, 6) is 0.317. The number of hydrogen-bond donors (Lipinski definition) is 3. The molecule has 0 aromatic rings. The molecule has 8 atom stereocenters. The molecule has 0 amide bonds. The van der Waals surface area contributed by atoms with Gasteiger partial charge in [-0.1, -0.05) is 325 Å². The maximum atomic E-state index is 13.1. The highest BCUT2D eigenvalue weighted by Gasteiger charge is 2.30. The van der Waals surface area contributed by atoms with E-state index in [1.807, 2.05) is 0 Å². The van der Waals surface area contributed by atoms with Gasteiger partial charge in [0.2, 0.25) is 0 Å². The second-order valence-corrected chi connectivity index (χ2v) is 30.3. The quantitative estimate of drug-likeness (QED) is 0.0222. The number of aliphatic hydroxyl groups is 1. The Labute approximate surface area is 568 Å². The molecular weight excluding hydrogens is 1220 g/mol. The number of rotatable bonds is 72. The van der Waals surface area contributed by atoms with Crippen molar-refractivity contribution in [1.82, 2.24) is 0 Å². The van der Waals surface area contributed by atoms with Crippen molar-refractivity contribution in [3.63, 3.8) is 0 Å². The Morgan fingerprint density at radius 3 is 0.763 bits per heavy atom. The first kappa shape index (κ1) is 91.1. The van der Waals surface area contributed by atoms with Gasteiger partial charge in [0.25, 0.3) is 0 Å². The average Bonchev–Trinajstić information content (AvgIpc) is 2.93. The molecule has 0 aromatic heterocycles. The predicted octanol–water partition coefficient (Wildman–Crippen LogP) is 21.4. The maximum absolute atomic E-state index is 13.1. The van der Waals surface area contributed by atoms with E-state index in [4.69, 9.17) is 37.0 Å². The first-order valence-electron chi connectivity index (χ1n) is 38.5. The van der Waals surface area contributed by atoms with Crippen LogP contribution < -0.4 is 0 Å². The first-order valence-corrected chi connectivity index (χ1v) is 41.5. The number of carbonyl (C=O) groups excluding carboxylic acids is 4. The number of unbranched alkanes of at least 4 members (excludes halogenated alkanes) is 37. The topological polar surface area (TPSA) is 237 Å². The van der Waals surface area contributed by atoms with E-state index in [9.17, 15) is 43.2 Å². The van der Waals surface area contributed by atoms with Gasteiger partial charge in [-0.05, 0) is 43.4 Å². The SMILES string of the molecule is CCCCCCCC(=O)OC[C@H](COP(=O)(O)OC[C@H](O)COP(=O)(O)OC[C@@H](COC(=O)CCCCCCCCCCCCC(C)CC)OC(=O)CCCCCCCCCCCCCCCCCCCCC(C)CC)OC(=O)CCCCCCCCCCC(C)CC. The summed E-state index contributed by atoms with van der Waals surface area (Å²) in [6.07, 6.45) is 50.3. The van der Waals surface area contributed by atoms with Gasteiger partial charge in [0.15, 0.2) is 12.2 Å². The molecule has 0 saturated carbocycles. The third kappa shape index (κ3) is 64.5. The Balaban J connectivity index is 5.12. The van der Waals surface area contributed by atoms with Crippen LogP contribution >= 0.6 is 15.6 Å². The Morgan fingerprint density at radius 1 is 0.301 bits per heavy atom. The average molecular weight is 1370 g/mol. The number of aliphatic hydroxyl groups excluding tert-OH is 1. The summed E-state index contributed by atoms with van der Waals surface area (Å²) in [5.41, 5.74) is 0. The molecule has 0 rings (SSSR count). The van der Waals surface area contributed by atoms with Crippen molar-refractivity contribution >= 4 is 39.5 Å². The van der Waals surface area contributed by atoms with Gasteiger partial charge in [0.05, 0.1) is 26.4 Å². The van der Waals surface area contributed by atoms with E-state index in [0.29, 0.717) is 25.7 Å². The van der Waals surface area contributed by atoms with Gasteiger partial charge in [0.1, 0.15) is 19.3 Å². The summed E-state index contributed by atoms with van der Waals surface area (Å²) in [5, 5.41) is 10.6. The fourth-order valence-corrected chi connectivity index (χ4v) is 12.7. The summed E-state index contributed by atoms with van der Waals surface area (Å²) < 4.78 is 68.2. The molecule has 3 N–H and O–H groups in total. The third-order valence-electron chi connectivity index (χ3n) is 18.2. The fraction of sp³-hybridized carbons (Fsp3) is 0.946. The standard InChI is InChI=1S/C74H144O17P2/c1-8-12-13-38-48-55-71(76)84-61-69(90-74(79)58-51-44-37-31-30-34-41-47-54-67(7)11-4)63-88-92(80,81)86-59-68(75)60-87-93(82,83)89-64-70(62-85-72(77)56-49-42-35-28-25-24-27-33-40-46-53-66(6)10-3)91-73(78)57-50-43-36-29-23-21-19-17-15-14-16-18-20-22-26-32-39-45-52-65(5)9-2/h65-70,75H,8-64H2,1-7H3,(H,80,81)(H,82,83)/t65?,66?,67?,68-,69+,70+/m0/s1. The van der Waals surface area contributed by atoms with E-state index in [-0.39, 0.29) is 25.7 Å². The van der Waals surface area contributed by atoms with Gasteiger partial charge in [-0.2, -0.15) is 0 Å². The lowest BCUT2D eigenvalue weighted by atomic mass is 9.99. The van der Waals surface area contributed by atoms with Gasteiger partial charge in [0, 0.05) is 25.7 Å². The van der Waals surface area contributed by atoms with Crippen LogP contribution in [0.2, 0.25) is 0 Å². The number of ether oxygens (including phenoxy) is 4. The van der Waals surface area contributed by atoms with Gasteiger partial charge in [-0.3, -0.25) is 37.3 Å². The Kier molecular flexibility index (Phi) is 63.4. The van der Waals surface area contributed by atoms with E-state index in [0.717, 1.165) is 114 Å². The molecule has 0 radical (unpaired) electrons. The number of phosphoric acid groups is 2. The first-order chi connectivity index (χ1) is 44.8. The number of phosphoric ester groups is 2. The van der Waals surface area contributed by atoms with E-state index < -0.39 is 97.5 Å². The highest BCUT2D eigenvalue weighted by molar-refractivity contribution is 7.47. The van der Waals surface area contributed by atoms with Crippen LogP contribution in [-0.2, 0) is 65.4 Å². The second-order valence-electron chi connectivity index (χ2n) is 27.4. The zero-order chi connectivity index (χ0) is 68.7. The van der Waals surface area contributed by atoms with Gasteiger partial charge < -0.3 is 33.8 Å². The summed E-state index contributed by atoms with van der Waals surface area (Å²) in [7, 11) is -9.90. The van der Waals surface area contributed by atoms with Crippen molar-refractivity contribution in [2.75, 3.05) is 39.6 Å². The monoisotopic (exact) mass is 1370 g/mol. The smallest absolute Gasteiger partial charge is 0.462 e. The van der Waals surface area contributed by atoms with Crippen LogP contribution in [0.1, 0.15) is 376 Å². The maximum Gasteiger partial charge on any atom is 0.472 e. The van der Waals surface area contributed by atoms with Crippen LogP contribution in [0.3, 0.4) is 0 Å². The molecule has 0 aliphatic carbocycles. The molecule has 0 aromatic carbocycles. The Hall–Kier alpha value is -1.94. The van der Waals surface area contributed by atoms with Crippen LogP contribution in [0, 0.1) is 17.8 Å². The van der Waals surface area contributed by atoms with Crippen molar-refractivity contribution in [3.8, 4) is 0 Å². The molecule has 17 nitrogen and oxygen atoms in total. The zero-order valence-corrected chi connectivity index (χ0v) is 62.5. The van der Waals surface area contributed by atoms with Crippen LogP contribution in [0.25, 0.3) is 0 Å². The molecule has 5 unspecified atom stereocenters. The highest BCUT2D eigenvalue weighted by Crippen LogP contribution is 2.45. The normalized spacial score (nSPS) is 15.0. The minimum Gasteiger partial charge on any atom is -0.462 e. The van der Waals surface area contributed by atoms with Crippen molar-refractivity contribution in [2.24, 2.45) is 17.8 Å². The summed E-state index contributed by atoms with van der Waals surface area (Å²) in [4.78, 5) is 72.4. The number of hydrogen-bond acceptors (Lipinski definition) is 15. The largest absolute Gasteiger partial charge is 0.472 e. The fourth-order valence-electron chi connectivity index (χ4n) is 11.2. The molecule has 0 bridgehead atoms. The molecule has 0 aliphatic rings. The molecule has 0 fully saturated rings. The molecule has 0 saturated heterocycles. The Morgan fingerprint density at radius 2 is 0.516 bits per heavy atom. The zero-order valence-electron chi connectivity index (χ0n) is 60.7. The number of carbonyl (C=O) groups is 4. The lowest BCUT2D eigenvalue weighted by Crippen LogP contribution is -2.30. The van der Waals surface area contributed by atoms with Crippen LogP contribution in [0.4, 0.5) is 0 Å². The molecule has 93 heavy (non-hydrogen) atoms. The molecule has 0 heterocycles. The molecule has 0 aliphatic heterocycles. The number of esters is 4. The lowest BCUT2D eigenvalue weighted by Gasteiger charge is -2.21. The highest BCUT2D eigenvalue weighted by atomic mass is 31.2. The van der Waals surface area contributed by atoms with Gasteiger partial charge in [-0.15, -0.1) is 0 Å². The van der Waals surface area contributed by atoms with E-state index >= 15 is 0 Å².